The first-order valence-electron chi connectivity index (χ1n) is 12.3. The van der Waals surface area contributed by atoms with Crippen LogP contribution in [0.1, 0.15) is 62.5 Å². The van der Waals surface area contributed by atoms with Crippen molar-refractivity contribution >= 4 is 5.91 Å². The van der Waals surface area contributed by atoms with Crippen LogP contribution in [-0.4, -0.2) is 12.5 Å². The lowest BCUT2D eigenvalue weighted by atomic mass is 9.83. The molecule has 0 saturated carbocycles. The van der Waals surface area contributed by atoms with Crippen molar-refractivity contribution in [2.24, 2.45) is 11.7 Å². The molecule has 2 atom stereocenters. The lowest BCUT2D eigenvalue weighted by Crippen LogP contribution is -2.17. The van der Waals surface area contributed by atoms with Crippen molar-refractivity contribution in [3.8, 4) is 11.1 Å². The lowest BCUT2D eigenvalue weighted by Gasteiger charge is -2.24. The molecular formula is C30H36FNO2. The van der Waals surface area contributed by atoms with Gasteiger partial charge in [-0.2, -0.15) is 0 Å². The van der Waals surface area contributed by atoms with E-state index in [4.69, 9.17) is 10.5 Å². The van der Waals surface area contributed by atoms with E-state index in [0.717, 1.165) is 43.2 Å². The Morgan fingerprint density at radius 2 is 1.56 bits per heavy atom. The lowest BCUT2D eigenvalue weighted by molar-refractivity contribution is -0.118. The topological polar surface area (TPSA) is 52.3 Å². The number of carbonyl (C=O) groups excluding carboxylic acids is 1. The number of ether oxygens (including phenoxy) is 1. The highest BCUT2D eigenvalue weighted by Gasteiger charge is 2.19. The molecule has 3 aromatic rings. The van der Waals surface area contributed by atoms with Gasteiger partial charge in [0.15, 0.2) is 0 Å². The second-order valence-electron chi connectivity index (χ2n) is 9.08. The van der Waals surface area contributed by atoms with E-state index < -0.39 is 0 Å². The van der Waals surface area contributed by atoms with Gasteiger partial charge in [-0.3, -0.25) is 4.79 Å². The predicted molar refractivity (Wildman–Crippen MR) is 137 cm³/mol. The number of unbranched alkanes of at least 4 members (excludes halogenated alkanes) is 1. The Bertz CT molecular complexity index is 987. The van der Waals surface area contributed by atoms with Crippen molar-refractivity contribution in [3.63, 3.8) is 0 Å². The molecule has 3 nitrogen and oxygen atoms in total. The molecule has 0 aliphatic carbocycles. The van der Waals surface area contributed by atoms with E-state index in [1.54, 1.807) is 12.1 Å². The second-order valence-corrected chi connectivity index (χ2v) is 9.08. The van der Waals surface area contributed by atoms with Crippen molar-refractivity contribution in [3.05, 3.63) is 95.8 Å². The van der Waals surface area contributed by atoms with E-state index in [0.29, 0.717) is 25.6 Å². The summed E-state index contributed by atoms with van der Waals surface area (Å²) in [6, 6.07) is 25.2. The normalized spacial score (nSPS) is 12.9. The highest BCUT2D eigenvalue weighted by atomic mass is 19.1. The van der Waals surface area contributed by atoms with Crippen molar-refractivity contribution in [2.75, 3.05) is 6.61 Å². The number of hydrogen-bond acceptors (Lipinski definition) is 2. The maximum atomic E-state index is 13.3. The fraction of sp³-hybridized carbons (Fsp3) is 0.367. The average molecular weight is 462 g/mol. The zero-order chi connectivity index (χ0) is 24.2. The summed E-state index contributed by atoms with van der Waals surface area (Å²) in [7, 11) is 0. The van der Waals surface area contributed by atoms with Crippen LogP contribution in [0.15, 0.2) is 78.9 Å². The Labute approximate surface area is 203 Å². The number of halogens is 1. The number of hydrogen-bond donors (Lipinski definition) is 1. The van der Waals surface area contributed by atoms with Crippen LogP contribution in [0.3, 0.4) is 0 Å². The van der Waals surface area contributed by atoms with Crippen molar-refractivity contribution in [1.29, 1.82) is 0 Å². The highest BCUT2D eigenvalue weighted by molar-refractivity contribution is 5.73. The summed E-state index contributed by atoms with van der Waals surface area (Å²) < 4.78 is 19.4. The van der Waals surface area contributed by atoms with Crippen LogP contribution in [0.25, 0.3) is 11.1 Å². The van der Waals surface area contributed by atoms with Gasteiger partial charge in [-0.15, -0.1) is 0 Å². The van der Waals surface area contributed by atoms with Crippen molar-refractivity contribution < 1.29 is 13.9 Å². The third kappa shape index (κ3) is 8.42. The molecule has 4 heteroatoms. The minimum absolute atomic E-state index is 0.233. The van der Waals surface area contributed by atoms with Crippen molar-refractivity contribution in [1.82, 2.24) is 0 Å². The van der Waals surface area contributed by atoms with Crippen LogP contribution >= 0.6 is 0 Å². The third-order valence-electron chi connectivity index (χ3n) is 6.35. The number of amides is 1. The fourth-order valence-corrected chi connectivity index (χ4v) is 4.41. The zero-order valence-corrected chi connectivity index (χ0v) is 20.1. The first-order chi connectivity index (χ1) is 16.5. The molecular weight excluding hydrogens is 425 g/mol. The van der Waals surface area contributed by atoms with Crippen LogP contribution in [0.4, 0.5) is 4.39 Å². The van der Waals surface area contributed by atoms with E-state index in [1.807, 2.05) is 18.2 Å². The Hall–Kier alpha value is -2.98. The summed E-state index contributed by atoms with van der Waals surface area (Å²) in [6.07, 6.45) is 5.46. The molecule has 0 aliphatic heterocycles. The number of rotatable bonds is 14. The summed E-state index contributed by atoms with van der Waals surface area (Å²) in [5, 5.41) is 0. The van der Waals surface area contributed by atoms with Crippen LogP contribution in [-0.2, 0) is 16.1 Å². The maximum absolute atomic E-state index is 13.3. The summed E-state index contributed by atoms with van der Waals surface area (Å²) in [5.41, 5.74) is 9.91. The van der Waals surface area contributed by atoms with Gasteiger partial charge in [-0.1, -0.05) is 86.5 Å². The SMILES string of the molecule is CCCC[C@@H](COCc1ccccc1)CC(CCC(N)=O)c1ccc(-c2ccc(F)cc2)cc1. The fourth-order valence-electron chi connectivity index (χ4n) is 4.41. The van der Waals surface area contributed by atoms with E-state index in [1.165, 1.54) is 23.3 Å². The Morgan fingerprint density at radius 3 is 2.18 bits per heavy atom. The average Bonchev–Trinajstić information content (AvgIpc) is 2.86. The van der Waals surface area contributed by atoms with Gasteiger partial charge < -0.3 is 10.5 Å². The number of carbonyl (C=O) groups is 1. The summed E-state index contributed by atoms with van der Waals surface area (Å²) in [4.78, 5) is 11.6. The molecule has 180 valence electrons. The van der Waals surface area contributed by atoms with Gasteiger partial charge in [0.05, 0.1) is 6.61 Å². The quantitative estimate of drug-likeness (QED) is 0.275. The summed E-state index contributed by atoms with van der Waals surface area (Å²) >= 11 is 0. The molecule has 3 rings (SSSR count). The summed E-state index contributed by atoms with van der Waals surface area (Å²) in [6.45, 7) is 3.53. The van der Waals surface area contributed by atoms with E-state index in [-0.39, 0.29) is 17.6 Å². The van der Waals surface area contributed by atoms with Gasteiger partial charge in [0, 0.05) is 13.0 Å². The highest BCUT2D eigenvalue weighted by Crippen LogP contribution is 2.32. The second kappa shape index (κ2) is 13.7. The van der Waals surface area contributed by atoms with Crippen molar-refractivity contribution in [2.45, 2.75) is 58.0 Å². The van der Waals surface area contributed by atoms with Gasteiger partial charge in [0.25, 0.3) is 0 Å². The molecule has 0 radical (unpaired) electrons. The first kappa shape index (κ1) is 25.6. The monoisotopic (exact) mass is 461 g/mol. The molecule has 1 amide bonds. The molecule has 0 aliphatic rings. The molecule has 0 saturated heterocycles. The van der Waals surface area contributed by atoms with Gasteiger partial charge >= 0.3 is 0 Å². The van der Waals surface area contributed by atoms with Crippen LogP contribution in [0.5, 0.6) is 0 Å². The van der Waals surface area contributed by atoms with Gasteiger partial charge in [-0.25, -0.2) is 4.39 Å². The molecule has 3 aromatic carbocycles. The first-order valence-corrected chi connectivity index (χ1v) is 12.3. The van der Waals surface area contributed by atoms with Crippen LogP contribution in [0.2, 0.25) is 0 Å². The third-order valence-corrected chi connectivity index (χ3v) is 6.35. The molecule has 2 N–H and O–H groups in total. The molecule has 0 heterocycles. The summed E-state index contributed by atoms with van der Waals surface area (Å²) in [5.74, 6) is 0.146. The standard InChI is InChI=1S/C30H36FNO2/c1-2-3-7-24(22-34-21-23-8-5-4-6-9-23)20-28(16-19-30(32)33)27-12-10-25(11-13-27)26-14-17-29(31)18-15-26/h4-6,8-15,17-18,24,28H,2-3,7,16,19-22H2,1H3,(H2,32,33)/t24-,28?/m1/s1. The van der Waals surface area contributed by atoms with Gasteiger partial charge in [-0.05, 0) is 65.5 Å². The van der Waals surface area contributed by atoms with Crippen LogP contribution < -0.4 is 5.73 Å². The van der Waals surface area contributed by atoms with E-state index in [2.05, 4.69) is 43.3 Å². The molecule has 1 unspecified atom stereocenters. The minimum atomic E-state index is -0.265. The zero-order valence-electron chi connectivity index (χ0n) is 20.1. The Morgan fingerprint density at radius 1 is 0.912 bits per heavy atom. The number of benzene rings is 3. The molecule has 0 spiro atoms. The predicted octanol–water partition coefficient (Wildman–Crippen LogP) is 7.26. The van der Waals surface area contributed by atoms with E-state index in [9.17, 15) is 9.18 Å². The van der Waals surface area contributed by atoms with Crippen LogP contribution in [0, 0.1) is 11.7 Å². The maximum Gasteiger partial charge on any atom is 0.217 e. The molecule has 34 heavy (non-hydrogen) atoms. The van der Waals surface area contributed by atoms with Gasteiger partial charge in [0.2, 0.25) is 5.91 Å². The Kier molecular flexibility index (Phi) is 10.3. The Balaban J connectivity index is 1.69. The smallest absolute Gasteiger partial charge is 0.217 e. The minimum Gasteiger partial charge on any atom is -0.376 e. The number of nitrogens with two attached hydrogens (primary N) is 1. The largest absolute Gasteiger partial charge is 0.376 e. The molecule has 0 bridgehead atoms. The molecule has 0 fully saturated rings. The van der Waals surface area contributed by atoms with Gasteiger partial charge in [0.1, 0.15) is 5.82 Å². The number of primary amides is 1. The van der Waals surface area contributed by atoms with E-state index >= 15 is 0 Å². The molecule has 0 aromatic heterocycles.